The lowest BCUT2D eigenvalue weighted by molar-refractivity contribution is 0.582. The molecular weight excluding hydrogens is 379 g/mol. The van der Waals surface area contributed by atoms with E-state index in [2.05, 4.69) is 31.2 Å². The van der Waals surface area contributed by atoms with Gasteiger partial charge in [-0.15, -0.1) is 0 Å². The average molecular weight is 393 g/mol. The Morgan fingerprint density at radius 2 is 1.52 bits per heavy atom. The molecule has 0 radical (unpaired) electrons. The van der Waals surface area contributed by atoms with Gasteiger partial charge in [-0.25, -0.2) is 0 Å². The summed E-state index contributed by atoms with van der Waals surface area (Å²) in [5, 5.41) is 7.14. The number of allylic oxidation sites excluding steroid dienone is 1. The van der Waals surface area contributed by atoms with Gasteiger partial charge in [-0.3, -0.25) is 0 Å². The number of fused-ring (bicyclic) bond motifs is 7. The van der Waals surface area contributed by atoms with Crippen molar-refractivity contribution >= 4 is 73.0 Å². The number of benzene rings is 3. The fraction of sp³-hybridized carbons (Fsp3) is 0.130. The zero-order valence-corrected chi connectivity index (χ0v) is 16.0. The van der Waals surface area contributed by atoms with Crippen molar-refractivity contribution in [2.24, 2.45) is 5.92 Å². The van der Waals surface area contributed by atoms with Crippen LogP contribution in [0.2, 0.25) is 5.02 Å². The van der Waals surface area contributed by atoms with E-state index in [0.717, 1.165) is 50.1 Å². The first-order valence-electron chi connectivity index (χ1n) is 8.95. The van der Waals surface area contributed by atoms with Gasteiger partial charge in [0, 0.05) is 37.8 Å². The van der Waals surface area contributed by atoms with Crippen molar-refractivity contribution in [3.63, 3.8) is 0 Å². The summed E-state index contributed by atoms with van der Waals surface area (Å²) in [6, 6.07) is 14.4. The fourth-order valence-electron chi connectivity index (χ4n) is 4.16. The number of rotatable bonds is 0. The first-order valence-corrected chi connectivity index (χ1v) is 9.70. The summed E-state index contributed by atoms with van der Waals surface area (Å²) in [5.74, 6) is 1.20. The molecule has 0 spiro atoms. The van der Waals surface area contributed by atoms with Gasteiger partial charge in [0.05, 0.1) is 0 Å². The Morgan fingerprint density at radius 3 is 2.37 bits per heavy atom. The molecule has 0 amide bonds. The largest absolute Gasteiger partial charge is 0.456 e. The molecule has 27 heavy (non-hydrogen) atoms. The van der Waals surface area contributed by atoms with Gasteiger partial charge in [0.1, 0.15) is 22.5 Å². The first-order chi connectivity index (χ1) is 13.1. The summed E-state index contributed by atoms with van der Waals surface area (Å²) in [6.07, 6.45) is 2.86. The van der Waals surface area contributed by atoms with Gasteiger partial charge in [-0.05, 0) is 65.6 Å². The van der Waals surface area contributed by atoms with E-state index in [1.165, 1.54) is 16.3 Å². The molecule has 1 unspecified atom stereocenters. The molecule has 0 aliphatic heterocycles. The van der Waals surface area contributed by atoms with Crippen molar-refractivity contribution in [1.29, 1.82) is 0 Å². The van der Waals surface area contributed by atoms with Gasteiger partial charge in [0.25, 0.3) is 0 Å². The molecule has 132 valence electrons. The monoisotopic (exact) mass is 392 g/mol. The maximum atomic E-state index is 6.33. The number of halogens is 2. The van der Waals surface area contributed by atoms with Crippen LogP contribution in [0.15, 0.2) is 56.3 Å². The van der Waals surface area contributed by atoms with Gasteiger partial charge in [-0.1, -0.05) is 30.1 Å². The van der Waals surface area contributed by atoms with E-state index in [1.807, 2.05) is 24.3 Å². The maximum Gasteiger partial charge on any atom is 0.136 e. The van der Waals surface area contributed by atoms with Gasteiger partial charge in [0.2, 0.25) is 0 Å². The number of hydrogen-bond donors (Lipinski definition) is 0. The summed E-state index contributed by atoms with van der Waals surface area (Å²) in [7, 11) is 0. The minimum absolute atomic E-state index is 0.320. The normalized spacial score (nSPS) is 17.1. The molecule has 3 aromatic carbocycles. The third kappa shape index (κ3) is 2.20. The molecule has 0 bridgehead atoms. The van der Waals surface area contributed by atoms with Crippen LogP contribution >= 0.6 is 23.2 Å². The molecule has 0 fully saturated rings. The Bertz CT molecular complexity index is 1440. The van der Waals surface area contributed by atoms with Crippen molar-refractivity contribution in [3.8, 4) is 0 Å². The van der Waals surface area contributed by atoms with E-state index in [-0.39, 0.29) is 0 Å². The maximum absolute atomic E-state index is 6.33. The minimum atomic E-state index is 0.320. The molecule has 0 saturated heterocycles. The molecule has 4 heteroatoms. The summed E-state index contributed by atoms with van der Waals surface area (Å²) >= 11 is 12.4. The third-order valence-electron chi connectivity index (χ3n) is 5.58. The molecule has 1 aliphatic rings. The second kappa shape index (κ2) is 5.31. The first kappa shape index (κ1) is 15.6. The van der Waals surface area contributed by atoms with Crippen LogP contribution in [0.1, 0.15) is 18.2 Å². The molecule has 6 rings (SSSR count). The highest BCUT2D eigenvalue weighted by Gasteiger charge is 2.23. The Labute approximate surface area is 164 Å². The van der Waals surface area contributed by atoms with Gasteiger partial charge < -0.3 is 8.83 Å². The average Bonchev–Trinajstić information content (AvgIpc) is 3.14. The second-order valence-corrected chi connectivity index (χ2v) is 8.24. The third-order valence-corrected chi connectivity index (χ3v) is 6.30. The fourth-order valence-corrected chi connectivity index (χ4v) is 4.49. The van der Waals surface area contributed by atoms with E-state index in [1.54, 1.807) is 0 Å². The van der Waals surface area contributed by atoms with Gasteiger partial charge in [-0.2, -0.15) is 0 Å². The van der Waals surface area contributed by atoms with E-state index in [4.69, 9.17) is 32.0 Å². The molecule has 0 saturated carbocycles. The van der Waals surface area contributed by atoms with Crippen molar-refractivity contribution in [3.05, 3.63) is 63.8 Å². The number of hydrogen-bond acceptors (Lipinski definition) is 2. The van der Waals surface area contributed by atoms with Crippen molar-refractivity contribution < 1.29 is 8.83 Å². The number of furan rings is 2. The summed E-state index contributed by atoms with van der Waals surface area (Å²) in [4.78, 5) is 0. The highest BCUT2D eigenvalue weighted by Crippen LogP contribution is 2.40. The smallest absolute Gasteiger partial charge is 0.136 e. The van der Waals surface area contributed by atoms with Gasteiger partial charge in [0.15, 0.2) is 0 Å². The molecular formula is C23H14Cl2O2. The van der Waals surface area contributed by atoms with Crippen LogP contribution in [-0.4, -0.2) is 0 Å². The molecule has 2 heterocycles. The minimum Gasteiger partial charge on any atom is -0.456 e. The SMILES string of the molecule is CC1Cc2c(oc3cc4cc5oc6cc(Cl)ccc6c5cc4cc23)C=C1Cl. The molecule has 5 aromatic rings. The van der Waals surface area contributed by atoms with Crippen LogP contribution in [0, 0.1) is 5.92 Å². The Morgan fingerprint density at radius 1 is 0.815 bits per heavy atom. The Kier molecular flexibility index (Phi) is 3.07. The second-order valence-electron chi connectivity index (χ2n) is 7.37. The lowest BCUT2D eigenvalue weighted by atomic mass is 9.92. The predicted molar refractivity (Wildman–Crippen MR) is 113 cm³/mol. The van der Waals surface area contributed by atoms with Crippen molar-refractivity contribution in [2.45, 2.75) is 13.3 Å². The van der Waals surface area contributed by atoms with Crippen LogP contribution in [0.5, 0.6) is 0 Å². The lowest BCUT2D eigenvalue weighted by Crippen LogP contribution is -2.04. The highest BCUT2D eigenvalue weighted by atomic mass is 35.5. The van der Waals surface area contributed by atoms with Crippen molar-refractivity contribution in [1.82, 2.24) is 0 Å². The highest BCUT2D eigenvalue weighted by molar-refractivity contribution is 6.32. The Balaban J connectivity index is 1.68. The molecule has 2 aromatic heterocycles. The quantitative estimate of drug-likeness (QED) is 0.267. The predicted octanol–water partition coefficient (Wildman–Crippen LogP) is 7.91. The van der Waals surface area contributed by atoms with E-state index < -0.39 is 0 Å². The van der Waals surface area contributed by atoms with Crippen molar-refractivity contribution in [2.75, 3.05) is 0 Å². The lowest BCUT2D eigenvalue weighted by Gasteiger charge is -2.14. The molecule has 1 aliphatic carbocycles. The zero-order chi connectivity index (χ0) is 18.3. The zero-order valence-electron chi connectivity index (χ0n) is 14.5. The topological polar surface area (TPSA) is 26.3 Å². The summed E-state index contributed by atoms with van der Waals surface area (Å²) in [6.45, 7) is 2.15. The molecule has 1 atom stereocenters. The van der Waals surface area contributed by atoms with Crippen LogP contribution in [0.3, 0.4) is 0 Å². The van der Waals surface area contributed by atoms with E-state index in [0.29, 0.717) is 10.9 Å². The van der Waals surface area contributed by atoms with Crippen LogP contribution in [0.25, 0.3) is 49.8 Å². The standard InChI is InChI=1S/C23H14Cl2O2/c1-11-4-16-18-6-12-5-17-15-3-2-14(24)9-22(15)26-20(17)7-13(12)8-21(18)27-23(16)10-19(11)25/h2-3,5-11H,4H2,1H3. The van der Waals surface area contributed by atoms with Crippen LogP contribution < -0.4 is 0 Å². The summed E-state index contributed by atoms with van der Waals surface area (Å²) < 4.78 is 12.1. The van der Waals surface area contributed by atoms with Gasteiger partial charge >= 0.3 is 0 Å². The molecule has 0 N–H and O–H groups in total. The van der Waals surface area contributed by atoms with Crippen LogP contribution in [-0.2, 0) is 6.42 Å². The van der Waals surface area contributed by atoms with E-state index >= 15 is 0 Å². The molecule has 2 nitrogen and oxygen atoms in total. The van der Waals surface area contributed by atoms with Crippen LogP contribution in [0.4, 0.5) is 0 Å². The summed E-state index contributed by atoms with van der Waals surface area (Å²) in [5.41, 5.74) is 3.79. The Hall–Kier alpha value is -2.42. The van der Waals surface area contributed by atoms with E-state index in [9.17, 15) is 0 Å².